The lowest BCUT2D eigenvalue weighted by Crippen LogP contribution is -2.32. The summed E-state index contributed by atoms with van der Waals surface area (Å²) in [5, 5.41) is 3.77. The molecule has 23 heavy (non-hydrogen) atoms. The first kappa shape index (κ1) is 16.3. The number of hydrogen-bond donors (Lipinski definition) is 1. The van der Waals surface area contributed by atoms with Crippen LogP contribution in [0, 0.1) is 5.92 Å². The minimum atomic E-state index is 0.709. The lowest BCUT2D eigenvalue weighted by molar-refractivity contribution is 0.277. The van der Waals surface area contributed by atoms with Crippen molar-refractivity contribution in [2.24, 2.45) is 5.92 Å². The third-order valence-electron chi connectivity index (χ3n) is 5.05. The molecular formula is C20H29N3. The van der Waals surface area contributed by atoms with E-state index in [1.807, 2.05) is 18.7 Å². The number of aromatic nitrogens is 2. The fourth-order valence-corrected chi connectivity index (χ4v) is 3.75. The summed E-state index contributed by atoms with van der Waals surface area (Å²) in [6.45, 7) is 4.19. The molecule has 1 N–H and O–H groups in total. The van der Waals surface area contributed by atoms with E-state index < -0.39 is 0 Å². The van der Waals surface area contributed by atoms with Crippen LogP contribution in [-0.4, -0.2) is 15.6 Å². The van der Waals surface area contributed by atoms with E-state index in [1.54, 1.807) is 0 Å². The number of nitrogens with one attached hydrogen (secondary N) is 1. The second-order valence-corrected chi connectivity index (χ2v) is 6.94. The average Bonchev–Trinajstić information content (AvgIpc) is 3.08. The summed E-state index contributed by atoms with van der Waals surface area (Å²) in [6.07, 6.45) is 14.0. The molecule has 124 valence electrons. The quantitative estimate of drug-likeness (QED) is 0.822. The Kier molecular flexibility index (Phi) is 5.87. The Hall–Kier alpha value is -1.61. The van der Waals surface area contributed by atoms with E-state index in [1.165, 1.54) is 49.7 Å². The molecule has 0 unspecified atom stereocenters. The maximum Gasteiger partial charge on any atom is 0.0949 e. The molecule has 1 aromatic heterocycles. The van der Waals surface area contributed by atoms with Gasteiger partial charge in [-0.25, -0.2) is 4.98 Å². The van der Waals surface area contributed by atoms with Crippen LogP contribution in [0.25, 0.3) is 0 Å². The third kappa shape index (κ3) is 4.93. The van der Waals surface area contributed by atoms with E-state index in [4.69, 9.17) is 0 Å². The van der Waals surface area contributed by atoms with Gasteiger partial charge in [0.1, 0.15) is 0 Å². The Balaban J connectivity index is 1.47. The molecule has 1 fully saturated rings. The number of rotatable bonds is 7. The molecule has 0 saturated heterocycles. The van der Waals surface area contributed by atoms with Crippen molar-refractivity contribution >= 4 is 0 Å². The van der Waals surface area contributed by atoms with Gasteiger partial charge in [-0.3, -0.25) is 0 Å². The lowest BCUT2D eigenvalue weighted by Gasteiger charge is -2.29. The SMILES string of the molecule is CCCC1CCC(NCc2cccc(Cn3ccnc3)c2)CC1. The first-order valence-corrected chi connectivity index (χ1v) is 9.10. The molecule has 3 rings (SSSR count). The van der Waals surface area contributed by atoms with Crippen LogP contribution in [0.3, 0.4) is 0 Å². The van der Waals surface area contributed by atoms with Gasteiger partial charge in [-0.05, 0) is 42.7 Å². The van der Waals surface area contributed by atoms with Crippen LogP contribution in [0.5, 0.6) is 0 Å². The molecular weight excluding hydrogens is 282 g/mol. The first-order valence-electron chi connectivity index (χ1n) is 9.10. The Morgan fingerprint density at radius 2 is 2.00 bits per heavy atom. The van der Waals surface area contributed by atoms with Gasteiger partial charge in [-0.2, -0.15) is 0 Å². The van der Waals surface area contributed by atoms with Crippen LogP contribution < -0.4 is 5.32 Å². The highest BCUT2D eigenvalue weighted by atomic mass is 15.0. The molecule has 1 saturated carbocycles. The maximum absolute atomic E-state index is 4.11. The van der Waals surface area contributed by atoms with Gasteiger partial charge in [-0.15, -0.1) is 0 Å². The van der Waals surface area contributed by atoms with E-state index >= 15 is 0 Å². The molecule has 1 aliphatic rings. The minimum absolute atomic E-state index is 0.709. The molecule has 2 aromatic rings. The molecule has 3 nitrogen and oxygen atoms in total. The summed E-state index contributed by atoms with van der Waals surface area (Å²) in [5.74, 6) is 0.983. The average molecular weight is 311 g/mol. The number of hydrogen-bond acceptors (Lipinski definition) is 2. The lowest BCUT2D eigenvalue weighted by atomic mass is 9.83. The molecule has 1 aromatic carbocycles. The van der Waals surface area contributed by atoms with Crippen LogP contribution in [0.4, 0.5) is 0 Å². The van der Waals surface area contributed by atoms with Crippen molar-refractivity contribution in [1.82, 2.24) is 14.9 Å². The van der Waals surface area contributed by atoms with Crippen LogP contribution >= 0.6 is 0 Å². The van der Waals surface area contributed by atoms with Gasteiger partial charge in [0, 0.05) is 31.5 Å². The van der Waals surface area contributed by atoms with Crippen LogP contribution in [-0.2, 0) is 13.1 Å². The molecule has 0 aliphatic heterocycles. The summed E-state index contributed by atoms with van der Waals surface area (Å²) >= 11 is 0. The first-order chi connectivity index (χ1) is 11.3. The monoisotopic (exact) mass is 311 g/mol. The normalized spacial score (nSPS) is 21.4. The van der Waals surface area contributed by atoms with E-state index in [2.05, 4.69) is 46.1 Å². The molecule has 3 heteroatoms. The Morgan fingerprint density at radius 3 is 2.74 bits per heavy atom. The number of imidazole rings is 1. The second kappa shape index (κ2) is 8.30. The van der Waals surface area contributed by atoms with Gasteiger partial charge in [0.05, 0.1) is 6.33 Å². The van der Waals surface area contributed by atoms with E-state index in [9.17, 15) is 0 Å². The number of nitrogens with zero attached hydrogens (tertiary/aromatic N) is 2. The molecule has 0 amide bonds. The fraction of sp³-hybridized carbons (Fsp3) is 0.550. The van der Waals surface area contributed by atoms with Crippen molar-refractivity contribution in [3.05, 3.63) is 54.1 Å². The Morgan fingerprint density at radius 1 is 1.17 bits per heavy atom. The van der Waals surface area contributed by atoms with Gasteiger partial charge >= 0.3 is 0 Å². The highest BCUT2D eigenvalue weighted by molar-refractivity contribution is 5.23. The molecule has 0 bridgehead atoms. The zero-order valence-electron chi connectivity index (χ0n) is 14.2. The molecule has 0 radical (unpaired) electrons. The smallest absolute Gasteiger partial charge is 0.0949 e. The third-order valence-corrected chi connectivity index (χ3v) is 5.05. The largest absolute Gasteiger partial charge is 0.333 e. The predicted octanol–water partition coefficient (Wildman–Crippen LogP) is 4.38. The molecule has 0 spiro atoms. The second-order valence-electron chi connectivity index (χ2n) is 6.94. The van der Waals surface area contributed by atoms with Crippen LogP contribution in [0.1, 0.15) is 56.6 Å². The van der Waals surface area contributed by atoms with Gasteiger partial charge in [-0.1, -0.05) is 44.0 Å². The van der Waals surface area contributed by atoms with E-state index in [-0.39, 0.29) is 0 Å². The zero-order chi connectivity index (χ0) is 15.9. The van der Waals surface area contributed by atoms with Crippen LogP contribution in [0.2, 0.25) is 0 Å². The highest BCUT2D eigenvalue weighted by Gasteiger charge is 2.19. The summed E-state index contributed by atoms with van der Waals surface area (Å²) in [5.41, 5.74) is 2.73. The van der Waals surface area contributed by atoms with Gasteiger partial charge in [0.15, 0.2) is 0 Å². The van der Waals surface area contributed by atoms with Crippen molar-refractivity contribution in [1.29, 1.82) is 0 Å². The summed E-state index contributed by atoms with van der Waals surface area (Å²) in [6, 6.07) is 9.62. The van der Waals surface area contributed by atoms with E-state index in [0.29, 0.717) is 6.04 Å². The number of benzene rings is 1. The van der Waals surface area contributed by atoms with Crippen molar-refractivity contribution in [2.45, 2.75) is 64.6 Å². The predicted molar refractivity (Wildman–Crippen MR) is 95.3 cm³/mol. The zero-order valence-corrected chi connectivity index (χ0v) is 14.2. The Labute approximate surface area is 140 Å². The van der Waals surface area contributed by atoms with Gasteiger partial charge < -0.3 is 9.88 Å². The van der Waals surface area contributed by atoms with E-state index in [0.717, 1.165) is 19.0 Å². The summed E-state index contributed by atoms with van der Waals surface area (Å²) in [4.78, 5) is 4.11. The summed E-state index contributed by atoms with van der Waals surface area (Å²) in [7, 11) is 0. The van der Waals surface area contributed by atoms with Gasteiger partial charge in [0.25, 0.3) is 0 Å². The van der Waals surface area contributed by atoms with Crippen molar-refractivity contribution in [2.75, 3.05) is 0 Å². The standard InChI is InChI=1S/C20H29N3/c1-2-4-17-7-9-20(10-8-17)22-14-18-5-3-6-19(13-18)15-23-12-11-21-16-23/h3,5-6,11-13,16-17,20,22H,2,4,7-10,14-15H2,1H3. The Bertz CT molecular complexity index is 568. The molecule has 1 aliphatic carbocycles. The topological polar surface area (TPSA) is 29.9 Å². The van der Waals surface area contributed by atoms with Crippen molar-refractivity contribution in [3.63, 3.8) is 0 Å². The van der Waals surface area contributed by atoms with Gasteiger partial charge in [0.2, 0.25) is 0 Å². The fourth-order valence-electron chi connectivity index (χ4n) is 3.75. The molecule has 0 atom stereocenters. The minimum Gasteiger partial charge on any atom is -0.333 e. The highest BCUT2D eigenvalue weighted by Crippen LogP contribution is 2.27. The van der Waals surface area contributed by atoms with Crippen molar-refractivity contribution < 1.29 is 0 Å². The molecule has 1 heterocycles. The maximum atomic E-state index is 4.11. The summed E-state index contributed by atoms with van der Waals surface area (Å²) < 4.78 is 2.11. The van der Waals surface area contributed by atoms with Crippen molar-refractivity contribution in [3.8, 4) is 0 Å². The van der Waals surface area contributed by atoms with Crippen LogP contribution in [0.15, 0.2) is 43.0 Å².